The quantitative estimate of drug-likeness (QED) is 0.738. The molecule has 2 saturated heterocycles. The Morgan fingerprint density at radius 2 is 1.85 bits per heavy atom. The number of rotatable bonds is 5. The fourth-order valence-electron chi connectivity index (χ4n) is 8.32. The largest absolute Gasteiger partial charge is 0.350 e. The van der Waals surface area contributed by atoms with Crippen LogP contribution in [0.2, 0.25) is 0 Å². The van der Waals surface area contributed by atoms with Crippen LogP contribution in [0.4, 0.5) is 0 Å². The Kier molecular flexibility index (Phi) is 4.42. The van der Waals surface area contributed by atoms with Crippen LogP contribution in [-0.2, 0) is 11.2 Å². The highest BCUT2D eigenvalue weighted by molar-refractivity contribution is 5.93. The van der Waals surface area contributed by atoms with E-state index in [1.165, 1.54) is 38.5 Å². The van der Waals surface area contributed by atoms with Crippen LogP contribution < -0.4 is 10.6 Å². The van der Waals surface area contributed by atoms with Crippen molar-refractivity contribution in [2.45, 2.75) is 63.5 Å². The third-order valence-electron chi connectivity index (χ3n) is 9.27. The van der Waals surface area contributed by atoms with Gasteiger partial charge in [-0.25, -0.2) is 4.98 Å². The molecule has 6 aliphatic rings. The molecule has 4 heterocycles. The molecule has 174 valence electrons. The van der Waals surface area contributed by atoms with Crippen LogP contribution in [0.15, 0.2) is 24.4 Å². The number of hydrogen-bond acceptors (Lipinski definition) is 4. The zero-order valence-electron chi connectivity index (χ0n) is 19.1. The summed E-state index contributed by atoms with van der Waals surface area (Å²) in [7, 11) is 0. The Morgan fingerprint density at radius 1 is 1.09 bits per heavy atom. The zero-order valence-corrected chi connectivity index (χ0v) is 19.1. The molecule has 0 radical (unpaired) electrons. The molecule has 2 aromatic heterocycles. The van der Waals surface area contributed by atoms with Crippen molar-refractivity contribution in [3.05, 3.63) is 35.8 Å². The third-order valence-corrected chi connectivity index (χ3v) is 9.27. The van der Waals surface area contributed by atoms with Gasteiger partial charge in [-0.2, -0.15) is 0 Å². The summed E-state index contributed by atoms with van der Waals surface area (Å²) < 4.78 is 1.86. The first kappa shape index (κ1) is 20.0. The van der Waals surface area contributed by atoms with Gasteiger partial charge in [0.15, 0.2) is 0 Å². The number of hydrogen-bond donors (Lipinski definition) is 2. The average Bonchev–Trinajstić information content (AvgIpc) is 3.51. The first-order chi connectivity index (χ1) is 16.0. The van der Waals surface area contributed by atoms with Crippen LogP contribution in [0, 0.1) is 23.2 Å². The van der Waals surface area contributed by atoms with Gasteiger partial charge in [0.1, 0.15) is 11.3 Å². The van der Waals surface area contributed by atoms with E-state index in [1.54, 1.807) is 0 Å². The first-order valence-corrected chi connectivity index (χ1v) is 12.8. The number of amides is 2. The number of carbonyl (C=O) groups is 2. The molecule has 0 aromatic carbocycles. The van der Waals surface area contributed by atoms with Crippen LogP contribution in [0.3, 0.4) is 0 Å². The van der Waals surface area contributed by atoms with E-state index in [0.717, 1.165) is 55.1 Å². The zero-order chi connectivity index (χ0) is 22.2. The molecule has 2 aromatic rings. The maximum absolute atomic E-state index is 13.2. The molecule has 2 aliphatic heterocycles. The molecule has 4 saturated carbocycles. The molecule has 4 aliphatic carbocycles. The SMILES string of the molecule is O=C(NCC12CC3CC(CC(C3)C1)C2)c1cccc2nc(CC(=O)N3C[C@@H]4C[C@H]3CN4)cn12. The highest BCUT2D eigenvalue weighted by Crippen LogP contribution is 2.59. The van der Waals surface area contributed by atoms with Gasteiger partial charge in [0.2, 0.25) is 5.91 Å². The molecule has 7 nitrogen and oxygen atoms in total. The summed E-state index contributed by atoms with van der Waals surface area (Å²) in [5.74, 6) is 2.75. The van der Waals surface area contributed by atoms with E-state index in [1.807, 2.05) is 33.7 Å². The molecule has 2 N–H and O–H groups in total. The predicted molar refractivity (Wildman–Crippen MR) is 124 cm³/mol. The Morgan fingerprint density at radius 3 is 2.52 bits per heavy atom. The normalized spacial score (nSPS) is 36.1. The molecule has 0 spiro atoms. The van der Waals surface area contributed by atoms with E-state index in [0.29, 0.717) is 29.6 Å². The number of piperazine rings is 1. The van der Waals surface area contributed by atoms with Gasteiger partial charge in [0.25, 0.3) is 5.91 Å². The second-order valence-electron chi connectivity index (χ2n) is 11.7. The van der Waals surface area contributed by atoms with Gasteiger partial charge in [-0.15, -0.1) is 0 Å². The standard InChI is InChI=1S/C26H33N5O2/c32-24(30-13-19-7-21(30)12-27-19)8-20-14-31-22(2-1-3-23(31)29-20)25(33)28-15-26-9-16-4-17(10-26)6-18(5-16)11-26/h1-3,14,16-19,21,27H,4-13,15H2,(H,28,33)/t16?,17?,18?,19-,21-,26?/m0/s1. The number of imidazole rings is 1. The second kappa shape index (κ2) is 7.29. The lowest BCUT2D eigenvalue weighted by atomic mass is 9.49. The van der Waals surface area contributed by atoms with Crippen molar-refractivity contribution < 1.29 is 9.59 Å². The molecule has 2 amide bonds. The average molecular weight is 448 g/mol. The monoisotopic (exact) mass is 447 g/mol. The number of nitrogens with one attached hydrogen (secondary N) is 2. The van der Waals surface area contributed by atoms with E-state index in [4.69, 9.17) is 0 Å². The molecule has 0 unspecified atom stereocenters. The van der Waals surface area contributed by atoms with E-state index < -0.39 is 0 Å². The maximum atomic E-state index is 13.2. The summed E-state index contributed by atoms with van der Waals surface area (Å²) in [6.07, 6.45) is 11.3. The van der Waals surface area contributed by atoms with E-state index in [-0.39, 0.29) is 11.8 Å². The van der Waals surface area contributed by atoms with Crippen LogP contribution in [0.25, 0.3) is 5.65 Å². The Hall–Kier alpha value is -2.41. The van der Waals surface area contributed by atoms with Crippen molar-refractivity contribution in [2.75, 3.05) is 19.6 Å². The predicted octanol–water partition coefficient (Wildman–Crippen LogP) is 2.40. The third kappa shape index (κ3) is 3.38. The van der Waals surface area contributed by atoms with Crippen LogP contribution in [0.5, 0.6) is 0 Å². The van der Waals surface area contributed by atoms with Crippen molar-refractivity contribution in [3.63, 3.8) is 0 Å². The minimum absolute atomic E-state index is 0.0328. The molecule has 33 heavy (non-hydrogen) atoms. The number of pyridine rings is 1. The molecular weight excluding hydrogens is 414 g/mol. The Balaban J connectivity index is 1.06. The smallest absolute Gasteiger partial charge is 0.268 e. The van der Waals surface area contributed by atoms with Gasteiger partial charge in [-0.3, -0.25) is 14.0 Å². The van der Waals surface area contributed by atoms with Crippen molar-refractivity contribution in [3.8, 4) is 0 Å². The van der Waals surface area contributed by atoms with E-state index >= 15 is 0 Å². The lowest BCUT2D eigenvalue weighted by Gasteiger charge is -2.56. The van der Waals surface area contributed by atoms with Gasteiger partial charge in [-0.1, -0.05) is 6.07 Å². The minimum Gasteiger partial charge on any atom is -0.350 e. The summed E-state index contributed by atoms with van der Waals surface area (Å²) in [4.78, 5) is 32.8. The molecular formula is C26H33N5O2. The summed E-state index contributed by atoms with van der Waals surface area (Å²) >= 11 is 0. The maximum Gasteiger partial charge on any atom is 0.268 e. The lowest BCUT2D eigenvalue weighted by Crippen LogP contribution is -2.51. The molecule has 2 atom stereocenters. The lowest BCUT2D eigenvalue weighted by molar-refractivity contribution is -0.131. The van der Waals surface area contributed by atoms with Crippen LogP contribution in [0.1, 0.15) is 61.1 Å². The van der Waals surface area contributed by atoms with Gasteiger partial charge < -0.3 is 15.5 Å². The van der Waals surface area contributed by atoms with Gasteiger partial charge >= 0.3 is 0 Å². The van der Waals surface area contributed by atoms with Gasteiger partial charge in [0.05, 0.1) is 12.1 Å². The molecule has 6 bridgehead atoms. The number of carbonyl (C=O) groups excluding carboxylic acids is 2. The topological polar surface area (TPSA) is 78.7 Å². The molecule has 8 rings (SSSR count). The fourth-order valence-corrected chi connectivity index (χ4v) is 8.32. The van der Waals surface area contributed by atoms with Crippen LogP contribution >= 0.6 is 0 Å². The number of fused-ring (bicyclic) bond motifs is 3. The summed E-state index contributed by atoms with van der Waals surface area (Å²) in [6, 6.07) is 6.43. The Labute approximate surface area is 194 Å². The minimum atomic E-state index is -0.0328. The van der Waals surface area contributed by atoms with Gasteiger partial charge in [-0.05, 0) is 80.2 Å². The van der Waals surface area contributed by atoms with E-state index in [2.05, 4.69) is 15.6 Å². The van der Waals surface area contributed by atoms with Crippen molar-refractivity contribution >= 4 is 17.5 Å². The van der Waals surface area contributed by atoms with Crippen LogP contribution in [-0.4, -0.2) is 57.8 Å². The van der Waals surface area contributed by atoms with Crippen molar-refractivity contribution in [1.82, 2.24) is 24.9 Å². The summed E-state index contributed by atoms with van der Waals surface area (Å²) in [6.45, 7) is 2.49. The van der Waals surface area contributed by atoms with Gasteiger partial charge in [0, 0.05) is 37.9 Å². The Bertz CT molecular complexity index is 1090. The number of nitrogens with zero attached hydrogens (tertiary/aromatic N) is 3. The van der Waals surface area contributed by atoms with Crippen molar-refractivity contribution in [1.29, 1.82) is 0 Å². The highest BCUT2D eigenvalue weighted by atomic mass is 16.2. The second-order valence-corrected chi connectivity index (χ2v) is 11.7. The summed E-state index contributed by atoms with van der Waals surface area (Å²) in [5, 5.41) is 6.73. The summed E-state index contributed by atoms with van der Waals surface area (Å²) in [5.41, 5.74) is 2.38. The fraction of sp³-hybridized carbons (Fsp3) is 0.654. The number of likely N-dealkylation sites (tertiary alicyclic amines) is 1. The molecule has 6 fully saturated rings. The van der Waals surface area contributed by atoms with Crippen molar-refractivity contribution in [2.24, 2.45) is 23.2 Å². The number of aromatic nitrogens is 2. The first-order valence-electron chi connectivity index (χ1n) is 12.8. The molecule has 7 heteroatoms. The van der Waals surface area contributed by atoms with E-state index in [9.17, 15) is 9.59 Å². The highest BCUT2D eigenvalue weighted by Gasteiger charge is 2.50.